The van der Waals surface area contributed by atoms with Crippen LogP contribution in [-0.4, -0.2) is 17.7 Å². The summed E-state index contributed by atoms with van der Waals surface area (Å²) < 4.78 is 0. The van der Waals surface area contributed by atoms with E-state index in [1.165, 1.54) is 11.3 Å². The van der Waals surface area contributed by atoms with Crippen LogP contribution >= 0.6 is 11.3 Å². The number of carbonyl (C=O) groups excluding carboxylic acids is 2. The second-order valence-electron chi connectivity index (χ2n) is 1.78. The maximum atomic E-state index is 10.0. The number of thiazole rings is 1. The zero-order chi connectivity index (χ0) is 8.10. The Balaban J connectivity index is 2.64. The molecule has 0 aromatic carbocycles. The number of aromatic nitrogens is 1. The molecule has 58 valence electrons. The fourth-order valence-corrected chi connectivity index (χ4v) is 1.29. The number of rotatable bonds is 4. The highest BCUT2D eigenvalue weighted by Gasteiger charge is 1.98. The Hall–Kier alpha value is -1.23. The van der Waals surface area contributed by atoms with Gasteiger partial charge in [0, 0.05) is 11.8 Å². The number of aldehydes is 1. The summed E-state index contributed by atoms with van der Waals surface area (Å²) in [5.74, 6) is 0. The number of hydrogen-bond donors (Lipinski definition) is 1. The second kappa shape index (κ2) is 3.82. The summed E-state index contributed by atoms with van der Waals surface area (Å²) in [4.78, 5) is 23.9. The van der Waals surface area contributed by atoms with Gasteiger partial charge in [0.05, 0.1) is 5.69 Å². The lowest BCUT2D eigenvalue weighted by atomic mass is 10.4. The second-order valence-corrected chi connectivity index (χ2v) is 2.64. The number of anilines is 1. The average Bonchev–Trinajstić information content (AvgIpc) is 2.38. The lowest BCUT2D eigenvalue weighted by Crippen LogP contribution is -1.93. The third kappa shape index (κ3) is 2.12. The molecule has 0 saturated heterocycles. The molecule has 0 atom stereocenters. The summed E-state index contributed by atoms with van der Waals surface area (Å²) >= 11 is 1.30. The van der Waals surface area contributed by atoms with Crippen LogP contribution in [0.4, 0.5) is 5.13 Å². The van der Waals surface area contributed by atoms with E-state index in [-0.39, 0.29) is 0 Å². The first-order valence-corrected chi connectivity index (χ1v) is 3.83. The van der Waals surface area contributed by atoms with Crippen molar-refractivity contribution < 1.29 is 9.59 Å². The van der Waals surface area contributed by atoms with Crippen LogP contribution in [0.2, 0.25) is 0 Å². The molecule has 11 heavy (non-hydrogen) atoms. The minimum Gasteiger partial charge on any atom is -0.305 e. The van der Waals surface area contributed by atoms with Crippen molar-refractivity contribution in [3.63, 3.8) is 0 Å². The minimum atomic E-state index is 0.303. The third-order valence-corrected chi connectivity index (χ3v) is 1.85. The van der Waals surface area contributed by atoms with Crippen LogP contribution in [0.15, 0.2) is 5.38 Å². The molecule has 5 heteroatoms. The summed E-state index contributed by atoms with van der Waals surface area (Å²) in [5, 5.41) is 4.66. The molecule has 1 N–H and O–H groups in total. The molecule has 0 spiro atoms. The number of nitrogens with zero attached hydrogens (tertiary/aromatic N) is 1. The molecule has 0 fully saturated rings. The van der Waals surface area contributed by atoms with Gasteiger partial charge in [-0.2, -0.15) is 0 Å². The number of hydrogen-bond acceptors (Lipinski definition) is 4. The van der Waals surface area contributed by atoms with E-state index in [0.29, 0.717) is 23.7 Å². The number of carbonyl (C=O) groups is 2. The fraction of sp³-hybridized carbons (Fsp3) is 0.167. The third-order valence-electron chi connectivity index (χ3n) is 1.03. The van der Waals surface area contributed by atoms with Gasteiger partial charge in [0.15, 0.2) is 5.13 Å². The van der Waals surface area contributed by atoms with E-state index in [1.807, 2.05) is 0 Å². The van der Waals surface area contributed by atoms with Gasteiger partial charge >= 0.3 is 0 Å². The first-order chi connectivity index (χ1) is 5.36. The Morgan fingerprint density at radius 3 is 3.09 bits per heavy atom. The van der Waals surface area contributed by atoms with Crippen molar-refractivity contribution in [1.82, 2.24) is 4.98 Å². The van der Waals surface area contributed by atoms with Crippen molar-refractivity contribution in [2.24, 2.45) is 0 Å². The first-order valence-electron chi connectivity index (χ1n) is 2.95. The molecule has 0 aliphatic rings. The largest absolute Gasteiger partial charge is 0.305 e. The number of amides is 1. The van der Waals surface area contributed by atoms with Crippen LogP contribution in [0, 0.1) is 0 Å². The van der Waals surface area contributed by atoms with Gasteiger partial charge in [0.25, 0.3) is 0 Å². The van der Waals surface area contributed by atoms with Crippen LogP contribution in [0.5, 0.6) is 0 Å². The van der Waals surface area contributed by atoms with Gasteiger partial charge in [-0.3, -0.25) is 4.79 Å². The molecule has 1 aromatic heterocycles. The summed E-state index contributed by atoms with van der Waals surface area (Å²) in [5.41, 5.74) is 0.689. The van der Waals surface area contributed by atoms with Gasteiger partial charge in [-0.15, -0.1) is 11.3 Å². The molecule has 0 aliphatic heterocycles. The van der Waals surface area contributed by atoms with Crippen LogP contribution in [0.25, 0.3) is 0 Å². The van der Waals surface area contributed by atoms with Crippen molar-refractivity contribution in [3.05, 3.63) is 11.1 Å². The first kappa shape index (κ1) is 7.87. The highest BCUT2D eigenvalue weighted by molar-refractivity contribution is 7.13. The molecule has 0 bridgehead atoms. The fourth-order valence-electron chi connectivity index (χ4n) is 0.603. The molecule has 4 nitrogen and oxygen atoms in total. The van der Waals surface area contributed by atoms with E-state index in [9.17, 15) is 9.59 Å². The molecule has 0 unspecified atom stereocenters. The van der Waals surface area contributed by atoms with E-state index in [4.69, 9.17) is 0 Å². The molecule has 0 radical (unpaired) electrons. The van der Waals surface area contributed by atoms with Crippen molar-refractivity contribution >= 4 is 29.2 Å². The van der Waals surface area contributed by atoms with Crippen LogP contribution in [0.3, 0.4) is 0 Å². The monoisotopic (exact) mass is 170 g/mol. The Bertz CT molecular complexity index is 234. The summed E-state index contributed by atoms with van der Waals surface area (Å²) in [6, 6.07) is 0. The molecule has 1 amide bonds. The predicted molar refractivity (Wildman–Crippen MR) is 41.6 cm³/mol. The Morgan fingerprint density at radius 2 is 2.45 bits per heavy atom. The quantitative estimate of drug-likeness (QED) is 0.667. The van der Waals surface area contributed by atoms with Crippen molar-refractivity contribution in [2.45, 2.75) is 6.42 Å². The van der Waals surface area contributed by atoms with Crippen LogP contribution in [0.1, 0.15) is 5.69 Å². The van der Waals surface area contributed by atoms with Gasteiger partial charge < -0.3 is 10.1 Å². The topological polar surface area (TPSA) is 59.1 Å². The molecular weight excluding hydrogens is 164 g/mol. The standard InChI is InChI=1S/C6H6N2O2S/c9-2-1-5-3-11-6(8-5)7-4-10/h2-4H,1H2,(H,7,8,10). The van der Waals surface area contributed by atoms with Gasteiger partial charge in [-0.1, -0.05) is 0 Å². The Labute approximate surface area is 67.3 Å². The summed E-state index contributed by atoms with van der Waals surface area (Å²) in [6.45, 7) is 0. The van der Waals surface area contributed by atoms with Crippen LogP contribution < -0.4 is 5.32 Å². The SMILES string of the molecule is O=CCc1csc(NC=O)n1. The van der Waals surface area contributed by atoms with E-state index >= 15 is 0 Å². The van der Waals surface area contributed by atoms with E-state index in [0.717, 1.165) is 6.29 Å². The van der Waals surface area contributed by atoms with E-state index < -0.39 is 0 Å². The molecule has 0 aliphatic carbocycles. The maximum absolute atomic E-state index is 10.0. The Kier molecular flexibility index (Phi) is 2.74. The zero-order valence-electron chi connectivity index (χ0n) is 5.61. The predicted octanol–water partition coefficient (Wildman–Crippen LogP) is 0.453. The van der Waals surface area contributed by atoms with Crippen molar-refractivity contribution in [2.75, 3.05) is 5.32 Å². The number of nitrogens with one attached hydrogen (secondary N) is 1. The highest BCUT2D eigenvalue weighted by Crippen LogP contribution is 2.13. The zero-order valence-corrected chi connectivity index (χ0v) is 6.43. The lowest BCUT2D eigenvalue weighted by molar-refractivity contribution is -0.107. The summed E-state index contributed by atoms with van der Waals surface area (Å²) in [6.07, 6.45) is 1.64. The van der Waals surface area contributed by atoms with Gasteiger partial charge in [0.2, 0.25) is 6.41 Å². The summed E-state index contributed by atoms with van der Waals surface area (Å²) in [7, 11) is 0. The highest BCUT2D eigenvalue weighted by atomic mass is 32.1. The molecular formula is C6H6N2O2S. The smallest absolute Gasteiger partial charge is 0.213 e. The maximum Gasteiger partial charge on any atom is 0.213 e. The van der Waals surface area contributed by atoms with Crippen molar-refractivity contribution in [1.29, 1.82) is 0 Å². The van der Waals surface area contributed by atoms with Gasteiger partial charge in [-0.25, -0.2) is 4.98 Å². The molecule has 1 aromatic rings. The molecule has 1 heterocycles. The van der Waals surface area contributed by atoms with Crippen LogP contribution in [-0.2, 0) is 16.0 Å². The lowest BCUT2D eigenvalue weighted by Gasteiger charge is -1.85. The minimum absolute atomic E-state index is 0.303. The average molecular weight is 170 g/mol. The van der Waals surface area contributed by atoms with Crippen molar-refractivity contribution in [3.8, 4) is 0 Å². The van der Waals surface area contributed by atoms with Gasteiger partial charge in [0.1, 0.15) is 6.29 Å². The van der Waals surface area contributed by atoms with E-state index in [1.54, 1.807) is 5.38 Å². The Morgan fingerprint density at radius 1 is 1.64 bits per heavy atom. The molecule has 0 saturated carbocycles. The van der Waals surface area contributed by atoms with Gasteiger partial charge in [-0.05, 0) is 0 Å². The molecule has 1 rings (SSSR count). The normalized spacial score (nSPS) is 9.09. The van der Waals surface area contributed by atoms with E-state index in [2.05, 4.69) is 10.3 Å².